The Balaban J connectivity index is 0.000000720. The molecule has 1 unspecified atom stereocenters. The minimum absolute atomic E-state index is 0. The van der Waals surface area contributed by atoms with Gasteiger partial charge < -0.3 is 0 Å². The molecule has 1 atom stereocenters. The third-order valence-corrected chi connectivity index (χ3v) is 1.32. The highest BCUT2D eigenvalue weighted by molar-refractivity contribution is 5.57. The van der Waals surface area contributed by atoms with Gasteiger partial charge in [-0.3, -0.25) is 4.79 Å². The molecule has 0 aliphatic carbocycles. The Morgan fingerprint density at radius 3 is 3.18 bits per heavy atom. The average Bonchev–Trinajstić information content (AvgIpc) is 2.46. The maximum Gasteiger partial charge on any atom is 1.00 e. The van der Waals surface area contributed by atoms with Gasteiger partial charge in [-0.15, -0.1) is 0 Å². The fourth-order valence-corrected chi connectivity index (χ4v) is 0.864. The van der Waals surface area contributed by atoms with E-state index in [2.05, 4.69) is 20.0 Å². The first-order chi connectivity index (χ1) is 5.40. The molecule has 1 aliphatic rings. The second-order valence-corrected chi connectivity index (χ2v) is 2.04. The van der Waals surface area contributed by atoms with E-state index in [0.717, 1.165) is 0 Å². The summed E-state index contributed by atoms with van der Waals surface area (Å²) in [4.78, 5) is 25.6. The Kier molecular flexibility index (Phi) is 1.21. The molecular formula is C6H5N4O+. The molecule has 2 rings (SSSR count). The van der Waals surface area contributed by atoms with Crippen molar-refractivity contribution >= 4 is 6.29 Å². The number of rotatable bonds is 1. The lowest BCUT2D eigenvalue weighted by molar-refractivity contribution is -0.108. The molecule has 0 saturated heterocycles. The van der Waals surface area contributed by atoms with Crippen molar-refractivity contribution in [2.75, 3.05) is 0 Å². The van der Waals surface area contributed by atoms with Crippen LogP contribution in [-0.2, 0) is 4.79 Å². The summed E-state index contributed by atoms with van der Waals surface area (Å²) < 4.78 is 0. The lowest BCUT2D eigenvalue weighted by atomic mass is 10.6. The van der Waals surface area contributed by atoms with E-state index in [0.29, 0.717) is 17.1 Å². The molecule has 11 heavy (non-hydrogen) atoms. The Labute approximate surface area is 63.0 Å². The van der Waals surface area contributed by atoms with Gasteiger partial charge in [0, 0.05) is 0 Å². The minimum Gasteiger partial charge on any atom is -0.299 e. The second kappa shape index (κ2) is 2.19. The summed E-state index contributed by atoms with van der Waals surface area (Å²) in [5.74, 6) is 0. The van der Waals surface area contributed by atoms with Gasteiger partial charge in [-0.1, -0.05) is 0 Å². The van der Waals surface area contributed by atoms with Crippen molar-refractivity contribution in [2.45, 2.75) is 6.17 Å². The van der Waals surface area contributed by atoms with Crippen LogP contribution in [0.4, 0.5) is 0 Å². The lowest BCUT2D eigenvalue weighted by Gasteiger charge is -1.84. The van der Waals surface area contributed by atoms with E-state index in [4.69, 9.17) is 0 Å². The molecule has 0 bridgehead atoms. The molecule has 0 spiro atoms. The van der Waals surface area contributed by atoms with Gasteiger partial charge in [-0.05, 0) is 0 Å². The van der Waals surface area contributed by atoms with Crippen molar-refractivity contribution in [3.63, 3.8) is 0 Å². The Morgan fingerprint density at radius 2 is 2.45 bits per heavy atom. The minimum atomic E-state index is -0.610. The van der Waals surface area contributed by atoms with E-state index in [1.807, 2.05) is 0 Å². The molecule has 0 N–H and O–H groups in total. The number of carbonyl (C=O) groups is 1. The number of aromatic nitrogens is 2. The number of carbonyl (C=O) groups excluding carboxylic acids is 1. The molecule has 2 heterocycles. The predicted octanol–water partition coefficient (Wildman–Crippen LogP) is -1.63. The zero-order valence-electron chi connectivity index (χ0n) is 6.51. The summed E-state index contributed by atoms with van der Waals surface area (Å²) >= 11 is 0. The van der Waals surface area contributed by atoms with E-state index in [9.17, 15) is 4.79 Å². The van der Waals surface area contributed by atoms with Crippen LogP contribution < -0.4 is 10.8 Å². The topological polar surface area (TPSA) is 67.6 Å². The number of hydrogen-bond donors (Lipinski definition) is 0. The van der Waals surface area contributed by atoms with Crippen LogP contribution in [-0.4, -0.2) is 22.4 Å². The standard InChI is InChI=1S/C6H4N4O/c11-2-5-9-4-1-7-3-8-6(4)10-5/h1-3,5H/p+1. The third kappa shape index (κ3) is 0.899. The van der Waals surface area contributed by atoms with Crippen molar-refractivity contribution in [2.24, 2.45) is 9.98 Å². The predicted molar refractivity (Wildman–Crippen MR) is 35.3 cm³/mol. The van der Waals surface area contributed by atoms with Gasteiger partial charge in [0.1, 0.15) is 11.7 Å². The Hall–Kier alpha value is -1.65. The summed E-state index contributed by atoms with van der Waals surface area (Å²) in [5.41, 5.74) is 0.497. The van der Waals surface area contributed by atoms with E-state index < -0.39 is 6.17 Å². The number of aldehydes is 1. The van der Waals surface area contributed by atoms with E-state index in [1.54, 1.807) is 0 Å². The highest BCUT2D eigenvalue weighted by Crippen LogP contribution is 1.86. The maximum atomic E-state index is 10.2. The number of nitrogens with zero attached hydrogens (tertiary/aromatic N) is 4. The Morgan fingerprint density at radius 1 is 1.55 bits per heavy atom. The lowest BCUT2D eigenvalue weighted by Crippen LogP contribution is -2.25. The molecule has 1 aromatic rings. The average molecular weight is 149 g/mol. The number of fused-ring (bicyclic) bond motifs is 1. The summed E-state index contributed by atoms with van der Waals surface area (Å²) in [5, 5.41) is 0.588. The van der Waals surface area contributed by atoms with Crippen molar-refractivity contribution in [3.05, 3.63) is 23.4 Å². The van der Waals surface area contributed by atoms with Crippen LogP contribution in [0.1, 0.15) is 1.43 Å². The molecule has 0 aromatic carbocycles. The third-order valence-electron chi connectivity index (χ3n) is 1.32. The van der Waals surface area contributed by atoms with Crippen LogP contribution in [0.25, 0.3) is 0 Å². The second-order valence-electron chi connectivity index (χ2n) is 2.04. The normalized spacial score (nSPS) is 19.8. The molecule has 5 heteroatoms. The van der Waals surface area contributed by atoms with E-state index in [-0.39, 0.29) is 1.43 Å². The first kappa shape index (κ1) is 6.09. The van der Waals surface area contributed by atoms with Gasteiger partial charge in [0.05, 0.1) is 6.20 Å². The zero-order chi connectivity index (χ0) is 7.68. The molecule has 1 aliphatic heterocycles. The number of hydrogen-bond acceptors (Lipinski definition) is 5. The quantitative estimate of drug-likeness (QED) is 0.450. The van der Waals surface area contributed by atoms with Crippen molar-refractivity contribution in [1.29, 1.82) is 0 Å². The molecule has 0 amide bonds. The van der Waals surface area contributed by atoms with Gasteiger partial charge in [0.25, 0.3) is 0 Å². The molecule has 1 aromatic heterocycles. The molecule has 54 valence electrons. The summed E-state index contributed by atoms with van der Waals surface area (Å²) in [6.45, 7) is 0. The molecular weight excluding hydrogens is 144 g/mol. The highest BCUT2D eigenvalue weighted by atomic mass is 16.1. The van der Waals surface area contributed by atoms with Gasteiger partial charge in [-0.2, -0.15) is 0 Å². The SMILES string of the molecule is O=CC1N=c2cncnc2=N1.[H+]. The van der Waals surface area contributed by atoms with Gasteiger partial charge in [-0.25, -0.2) is 20.0 Å². The van der Waals surface area contributed by atoms with Crippen molar-refractivity contribution in [1.82, 2.24) is 9.97 Å². The van der Waals surface area contributed by atoms with Crippen LogP contribution in [0.5, 0.6) is 0 Å². The van der Waals surface area contributed by atoms with E-state index in [1.165, 1.54) is 12.5 Å². The largest absolute Gasteiger partial charge is 1.00 e. The van der Waals surface area contributed by atoms with Gasteiger partial charge in [0.2, 0.25) is 0 Å². The maximum absolute atomic E-state index is 10.2. The fraction of sp³-hybridized carbons (Fsp3) is 0.167. The van der Waals surface area contributed by atoms with Gasteiger partial charge in [0.15, 0.2) is 17.9 Å². The zero-order valence-corrected chi connectivity index (χ0v) is 5.51. The smallest absolute Gasteiger partial charge is 0.299 e. The highest BCUT2D eigenvalue weighted by Gasteiger charge is 2.07. The van der Waals surface area contributed by atoms with Crippen LogP contribution in [0.15, 0.2) is 22.5 Å². The Bertz CT molecular complexity index is 369. The van der Waals surface area contributed by atoms with Gasteiger partial charge >= 0.3 is 1.43 Å². The van der Waals surface area contributed by atoms with Crippen LogP contribution >= 0.6 is 0 Å². The first-order valence-electron chi connectivity index (χ1n) is 3.07. The monoisotopic (exact) mass is 149 g/mol. The molecule has 5 nitrogen and oxygen atoms in total. The van der Waals surface area contributed by atoms with E-state index >= 15 is 0 Å². The molecule has 0 fully saturated rings. The summed E-state index contributed by atoms with van der Waals surface area (Å²) in [7, 11) is 0. The van der Waals surface area contributed by atoms with Crippen LogP contribution in [0.2, 0.25) is 0 Å². The summed E-state index contributed by atoms with van der Waals surface area (Å²) in [6, 6.07) is 0. The molecule has 0 radical (unpaired) electrons. The summed E-state index contributed by atoms with van der Waals surface area (Å²) in [6.07, 6.45) is 2.98. The van der Waals surface area contributed by atoms with Crippen LogP contribution in [0, 0.1) is 0 Å². The van der Waals surface area contributed by atoms with Crippen molar-refractivity contribution < 1.29 is 6.22 Å². The van der Waals surface area contributed by atoms with Crippen molar-refractivity contribution in [3.8, 4) is 0 Å². The fourth-order valence-electron chi connectivity index (χ4n) is 0.864. The van der Waals surface area contributed by atoms with Crippen LogP contribution in [0.3, 0.4) is 0 Å². The molecule has 0 saturated carbocycles. The first-order valence-corrected chi connectivity index (χ1v) is 3.07.